The zero-order chi connectivity index (χ0) is 14.3. The van der Waals surface area contributed by atoms with Gasteiger partial charge in [-0.3, -0.25) is 4.98 Å². The molecule has 20 heavy (non-hydrogen) atoms. The largest absolute Gasteiger partial charge is 0.326 e. The summed E-state index contributed by atoms with van der Waals surface area (Å²) in [5.41, 5.74) is 11.9. The number of nitrogens with zero attached hydrogens (tertiary/aromatic N) is 4. The molecule has 0 atom stereocenters. The second-order valence-corrected chi connectivity index (χ2v) is 4.91. The molecule has 3 aromatic heterocycles. The first-order valence-electron chi connectivity index (χ1n) is 6.59. The van der Waals surface area contributed by atoms with E-state index >= 15 is 0 Å². The summed E-state index contributed by atoms with van der Waals surface area (Å²) in [5.74, 6) is 0. The molecular weight excluding hydrogens is 250 g/mol. The van der Waals surface area contributed by atoms with Crippen LogP contribution in [-0.2, 0) is 6.54 Å². The van der Waals surface area contributed by atoms with Crippen LogP contribution in [0.1, 0.15) is 22.5 Å². The quantitative estimate of drug-likeness (QED) is 0.772. The molecule has 5 heteroatoms. The van der Waals surface area contributed by atoms with Gasteiger partial charge < -0.3 is 5.73 Å². The average Bonchev–Trinajstić information content (AvgIpc) is 2.77. The zero-order valence-corrected chi connectivity index (χ0v) is 11.9. The minimum atomic E-state index is 0.500. The fourth-order valence-electron chi connectivity index (χ4n) is 2.67. The van der Waals surface area contributed by atoms with Crippen molar-refractivity contribution in [3.8, 4) is 5.69 Å². The second-order valence-electron chi connectivity index (χ2n) is 4.91. The summed E-state index contributed by atoms with van der Waals surface area (Å²) in [6.07, 6.45) is 3.51. The molecule has 102 valence electrons. The van der Waals surface area contributed by atoms with E-state index in [2.05, 4.69) is 17.0 Å². The summed E-state index contributed by atoms with van der Waals surface area (Å²) in [6.45, 7) is 6.59. The first kappa shape index (κ1) is 12.7. The highest BCUT2D eigenvalue weighted by molar-refractivity contribution is 5.84. The molecule has 2 N–H and O–H groups in total. The summed E-state index contributed by atoms with van der Waals surface area (Å²) in [4.78, 5) is 8.75. The molecule has 0 fully saturated rings. The summed E-state index contributed by atoms with van der Waals surface area (Å²) in [6, 6.07) is 3.85. The molecule has 0 aliphatic heterocycles. The first-order chi connectivity index (χ1) is 9.63. The predicted octanol–water partition coefficient (Wildman–Crippen LogP) is 2.20. The highest BCUT2D eigenvalue weighted by atomic mass is 15.3. The van der Waals surface area contributed by atoms with Crippen LogP contribution in [0.25, 0.3) is 16.7 Å². The lowest BCUT2D eigenvalue weighted by Gasteiger charge is -2.09. The van der Waals surface area contributed by atoms with Gasteiger partial charge in [0.05, 0.1) is 11.4 Å². The van der Waals surface area contributed by atoms with Gasteiger partial charge in [-0.05, 0) is 44.0 Å². The third-order valence-electron chi connectivity index (χ3n) is 3.69. The molecule has 0 saturated heterocycles. The van der Waals surface area contributed by atoms with Crippen LogP contribution in [0.3, 0.4) is 0 Å². The summed E-state index contributed by atoms with van der Waals surface area (Å²) < 4.78 is 1.87. The Bertz CT molecular complexity index is 774. The van der Waals surface area contributed by atoms with Gasteiger partial charge in [-0.15, -0.1) is 0 Å². The maximum absolute atomic E-state index is 5.84. The van der Waals surface area contributed by atoms with Gasteiger partial charge in [0.1, 0.15) is 0 Å². The molecule has 3 aromatic rings. The maximum Gasteiger partial charge on any atom is 0.163 e. The minimum absolute atomic E-state index is 0.500. The lowest BCUT2D eigenvalue weighted by Crippen LogP contribution is -2.06. The van der Waals surface area contributed by atoms with Crippen molar-refractivity contribution in [2.75, 3.05) is 0 Å². The Kier molecular flexibility index (Phi) is 2.99. The van der Waals surface area contributed by atoms with Crippen LogP contribution in [0.15, 0.2) is 24.5 Å². The third kappa shape index (κ3) is 1.78. The van der Waals surface area contributed by atoms with E-state index in [0.29, 0.717) is 6.54 Å². The van der Waals surface area contributed by atoms with E-state index in [1.54, 1.807) is 12.4 Å². The zero-order valence-electron chi connectivity index (χ0n) is 11.9. The normalized spacial score (nSPS) is 11.2. The minimum Gasteiger partial charge on any atom is -0.326 e. The number of fused-ring (bicyclic) bond motifs is 1. The number of aromatic nitrogens is 4. The summed E-state index contributed by atoms with van der Waals surface area (Å²) in [7, 11) is 0. The molecule has 0 aliphatic carbocycles. The van der Waals surface area contributed by atoms with Gasteiger partial charge in [-0.25, -0.2) is 9.67 Å². The Morgan fingerprint density at radius 1 is 1.10 bits per heavy atom. The molecule has 3 heterocycles. The van der Waals surface area contributed by atoms with Crippen molar-refractivity contribution >= 4 is 11.0 Å². The molecule has 3 rings (SSSR count). The van der Waals surface area contributed by atoms with Crippen molar-refractivity contribution in [3.05, 3.63) is 47.0 Å². The van der Waals surface area contributed by atoms with E-state index in [-0.39, 0.29) is 0 Å². The number of aryl methyl sites for hydroxylation is 3. The van der Waals surface area contributed by atoms with Crippen molar-refractivity contribution in [2.45, 2.75) is 27.3 Å². The molecule has 0 aromatic carbocycles. The van der Waals surface area contributed by atoms with Crippen molar-refractivity contribution in [1.29, 1.82) is 0 Å². The van der Waals surface area contributed by atoms with Crippen molar-refractivity contribution in [2.24, 2.45) is 5.73 Å². The standard InChI is InChI=1S/C15H17N5/c1-9-13(8-16)10(2)18-15-14(9)11(3)19-20(15)12-4-6-17-7-5-12/h4-7H,8,16H2,1-3H3. The molecular formula is C15H17N5. The number of hydrogen-bond acceptors (Lipinski definition) is 4. The van der Waals surface area contributed by atoms with Crippen molar-refractivity contribution in [3.63, 3.8) is 0 Å². The van der Waals surface area contributed by atoms with Crippen LogP contribution in [0.4, 0.5) is 0 Å². The maximum atomic E-state index is 5.84. The van der Waals surface area contributed by atoms with Crippen molar-refractivity contribution < 1.29 is 0 Å². The van der Waals surface area contributed by atoms with Crippen molar-refractivity contribution in [1.82, 2.24) is 19.7 Å². The third-order valence-corrected chi connectivity index (χ3v) is 3.69. The average molecular weight is 267 g/mol. The van der Waals surface area contributed by atoms with Crippen LogP contribution in [-0.4, -0.2) is 19.7 Å². The van der Waals surface area contributed by atoms with Gasteiger partial charge in [-0.1, -0.05) is 0 Å². The second kappa shape index (κ2) is 4.68. The van der Waals surface area contributed by atoms with E-state index in [1.807, 2.05) is 30.7 Å². The fourth-order valence-corrected chi connectivity index (χ4v) is 2.67. The van der Waals surface area contributed by atoms with Gasteiger partial charge in [0.25, 0.3) is 0 Å². The van der Waals surface area contributed by atoms with Crippen LogP contribution in [0, 0.1) is 20.8 Å². The van der Waals surface area contributed by atoms with E-state index in [9.17, 15) is 0 Å². The van der Waals surface area contributed by atoms with Crippen LogP contribution < -0.4 is 5.73 Å². The summed E-state index contributed by atoms with van der Waals surface area (Å²) in [5, 5.41) is 5.71. The molecule has 0 bridgehead atoms. The Morgan fingerprint density at radius 2 is 1.80 bits per heavy atom. The van der Waals surface area contributed by atoms with Crippen LogP contribution in [0.2, 0.25) is 0 Å². The smallest absolute Gasteiger partial charge is 0.163 e. The highest BCUT2D eigenvalue weighted by Gasteiger charge is 2.16. The van der Waals surface area contributed by atoms with E-state index in [1.165, 1.54) is 5.56 Å². The Hall–Kier alpha value is -2.27. The topological polar surface area (TPSA) is 69.6 Å². The molecule has 0 unspecified atom stereocenters. The number of nitrogens with two attached hydrogens (primary N) is 1. The van der Waals surface area contributed by atoms with E-state index < -0.39 is 0 Å². The van der Waals surface area contributed by atoms with Gasteiger partial charge >= 0.3 is 0 Å². The van der Waals surface area contributed by atoms with E-state index in [0.717, 1.165) is 33.7 Å². The molecule has 0 aliphatic rings. The molecule has 0 spiro atoms. The highest BCUT2D eigenvalue weighted by Crippen LogP contribution is 2.26. The van der Waals surface area contributed by atoms with Gasteiger partial charge in [0, 0.05) is 30.0 Å². The lowest BCUT2D eigenvalue weighted by atomic mass is 10.0. The fraction of sp³-hybridized carbons (Fsp3) is 0.267. The Balaban J connectivity index is 2.38. The first-order valence-corrected chi connectivity index (χ1v) is 6.59. The number of pyridine rings is 2. The molecule has 0 amide bonds. The number of rotatable bonds is 2. The number of hydrogen-bond donors (Lipinski definition) is 1. The van der Waals surface area contributed by atoms with Gasteiger partial charge in [0.15, 0.2) is 5.65 Å². The molecule has 0 radical (unpaired) electrons. The van der Waals surface area contributed by atoms with Crippen LogP contribution >= 0.6 is 0 Å². The van der Waals surface area contributed by atoms with E-state index in [4.69, 9.17) is 10.7 Å². The Morgan fingerprint density at radius 3 is 2.45 bits per heavy atom. The molecule has 5 nitrogen and oxygen atoms in total. The van der Waals surface area contributed by atoms with Gasteiger partial charge in [-0.2, -0.15) is 5.10 Å². The monoisotopic (exact) mass is 267 g/mol. The molecule has 0 saturated carbocycles. The van der Waals surface area contributed by atoms with Gasteiger partial charge in [0.2, 0.25) is 0 Å². The predicted molar refractivity (Wildman–Crippen MR) is 78.8 cm³/mol. The summed E-state index contributed by atoms with van der Waals surface area (Å²) >= 11 is 0. The SMILES string of the molecule is Cc1nc2c(c(C)nn2-c2ccncc2)c(C)c1CN. The van der Waals surface area contributed by atoms with Crippen LogP contribution in [0.5, 0.6) is 0 Å². The Labute approximate surface area is 117 Å². The lowest BCUT2D eigenvalue weighted by molar-refractivity contribution is 0.871.